The number of rotatable bonds is 2. The van der Waals surface area contributed by atoms with E-state index >= 15 is 0 Å². The van der Waals surface area contributed by atoms with E-state index in [0.29, 0.717) is 24.7 Å². The van der Waals surface area contributed by atoms with Gasteiger partial charge in [0.15, 0.2) is 0 Å². The lowest BCUT2D eigenvalue weighted by atomic mass is 10.1. The van der Waals surface area contributed by atoms with Crippen LogP contribution < -0.4 is 0 Å². The molecule has 0 spiro atoms. The molecule has 2 aromatic rings. The molecule has 1 amide bonds. The first-order valence-corrected chi connectivity index (χ1v) is 7.47. The van der Waals surface area contributed by atoms with Crippen LogP contribution in [0.5, 0.6) is 5.75 Å². The van der Waals surface area contributed by atoms with Gasteiger partial charge in [0, 0.05) is 11.6 Å². The fourth-order valence-electron chi connectivity index (χ4n) is 2.55. The van der Waals surface area contributed by atoms with Crippen molar-refractivity contribution in [3.05, 3.63) is 64.7 Å². The van der Waals surface area contributed by atoms with Gasteiger partial charge in [0.2, 0.25) is 0 Å². The van der Waals surface area contributed by atoms with E-state index in [-0.39, 0.29) is 23.3 Å². The van der Waals surface area contributed by atoms with E-state index in [9.17, 15) is 9.90 Å². The summed E-state index contributed by atoms with van der Waals surface area (Å²) < 4.78 is 5.75. The number of aromatic hydroxyl groups is 1. The molecule has 0 saturated carbocycles. The van der Waals surface area contributed by atoms with Crippen molar-refractivity contribution in [3.63, 3.8) is 0 Å². The molecule has 1 unspecified atom stereocenters. The molecule has 1 atom stereocenters. The zero-order valence-corrected chi connectivity index (χ0v) is 12.7. The lowest BCUT2D eigenvalue weighted by Gasteiger charge is -2.33. The topological polar surface area (TPSA) is 49.8 Å². The number of benzene rings is 2. The zero-order chi connectivity index (χ0) is 15.5. The molecule has 0 aliphatic carbocycles. The fourth-order valence-corrected chi connectivity index (χ4v) is 2.73. The molecule has 5 heteroatoms. The number of nitrogens with zero attached hydrogens (tertiary/aromatic N) is 1. The van der Waals surface area contributed by atoms with Crippen LogP contribution in [-0.2, 0) is 4.74 Å². The molecule has 1 saturated heterocycles. The predicted octanol–water partition coefficient (Wildman–Crippen LogP) is 3.26. The summed E-state index contributed by atoms with van der Waals surface area (Å²) in [6, 6.07) is 14.3. The number of carbonyl (C=O) groups excluding carboxylic acids is 1. The van der Waals surface area contributed by atoms with Gasteiger partial charge in [-0.25, -0.2) is 0 Å². The van der Waals surface area contributed by atoms with Gasteiger partial charge in [0.25, 0.3) is 5.91 Å². The van der Waals surface area contributed by atoms with Gasteiger partial charge in [0.1, 0.15) is 11.9 Å². The number of amides is 1. The van der Waals surface area contributed by atoms with Crippen LogP contribution in [0.15, 0.2) is 48.5 Å². The fraction of sp³-hybridized carbons (Fsp3) is 0.235. The van der Waals surface area contributed by atoms with Gasteiger partial charge < -0.3 is 14.7 Å². The standard InChI is InChI=1S/C17H16ClNO3/c18-13-6-7-15(20)14(10-13)17(21)19-8-9-22-16(11-19)12-4-2-1-3-5-12/h1-7,10,16,20H,8-9,11H2. The van der Waals surface area contributed by atoms with Gasteiger partial charge in [-0.3, -0.25) is 4.79 Å². The lowest BCUT2D eigenvalue weighted by molar-refractivity contribution is -0.0229. The number of phenols is 1. The first-order valence-electron chi connectivity index (χ1n) is 7.09. The molecule has 1 N–H and O–H groups in total. The number of phenolic OH excluding ortho intramolecular Hbond substituents is 1. The van der Waals surface area contributed by atoms with Crippen LogP contribution in [-0.4, -0.2) is 35.6 Å². The Morgan fingerprint density at radius 2 is 2.00 bits per heavy atom. The van der Waals surface area contributed by atoms with Gasteiger partial charge in [-0.15, -0.1) is 0 Å². The highest BCUT2D eigenvalue weighted by molar-refractivity contribution is 6.31. The van der Waals surface area contributed by atoms with Crippen LogP contribution >= 0.6 is 11.6 Å². The van der Waals surface area contributed by atoms with Gasteiger partial charge >= 0.3 is 0 Å². The normalized spacial score (nSPS) is 18.2. The first kappa shape index (κ1) is 14.9. The van der Waals surface area contributed by atoms with E-state index in [1.54, 1.807) is 11.0 Å². The molecule has 3 rings (SSSR count). The summed E-state index contributed by atoms with van der Waals surface area (Å²) in [5, 5.41) is 10.3. The molecule has 1 aliphatic heterocycles. The number of carbonyl (C=O) groups is 1. The summed E-state index contributed by atoms with van der Waals surface area (Å²) >= 11 is 5.92. The Bertz CT molecular complexity index is 675. The highest BCUT2D eigenvalue weighted by Gasteiger charge is 2.27. The summed E-state index contributed by atoms with van der Waals surface area (Å²) in [5.74, 6) is -0.290. The van der Waals surface area contributed by atoms with Crippen molar-refractivity contribution in [2.45, 2.75) is 6.10 Å². The summed E-state index contributed by atoms with van der Waals surface area (Å²) in [6.07, 6.45) is -0.153. The molecule has 0 radical (unpaired) electrons. The second-order valence-electron chi connectivity index (χ2n) is 5.18. The average Bonchev–Trinajstić information content (AvgIpc) is 2.57. The van der Waals surface area contributed by atoms with E-state index in [2.05, 4.69) is 0 Å². The molecule has 1 aliphatic rings. The second-order valence-corrected chi connectivity index (χ2v) is 5.62. The zero-order valence-electron chi connectivity index (χ0n) is 11.9. The van der Waals surface area contributed by atoms with E-state index in [0.717, 1.165) is 5.56 Å². The quantitative estimate of drug-likeness (QED) is 0.925. The summed E-state index contributed by atoms with van der Waals surface area (Å²) in [6.45, 7) is 1.41. The van der Waals surface area contributed by atoms with Crippen molar-refractivity contribution >= 4 is 17.5 Å². The Morgan fingerprint density at radius 1 is 1.23 bits per heavy atom. The van der Waals surface area contributed by atoms with Gasteiger partial charge in [-0.05, 0) is 23.8 Å². The first-order chi connectivity index (χ1) is 10.6. The third-order valence-electron chi connectivity index (χ3n) is 3.71. The van der Waals surface area contributed by atoms with Crippen LogP contribution in [0.25, 0.3) is 0 Å². The number of hydrogen-bond acceptors (Lipinski definition) is 3. The largest absolute Gasteiger partial charge is 0.507 e. The number of hydrogen-bond donors (Lipinski definition) is 1. The minimum absolute atomic E-state index is 0.0582. The average molecular weight is 318 g/mol. The Kier molecular flexibility index (Phi) is 4.32. The van der Waals surface area contributed by atoms with Gasteiger partial charge in [-0.2, -0.15) is 0 Å². The van der Waals surface area contributed by atoms with Crippen molar-refractivity contribution in [2.75, 3.05) is 19.7 Å². The van der Waals surface area contributed by atoms with E-state index < -0.39 is 0 Å². The third-order valence-corrected chi connectivity index (χ3v) is 3.95. The molecule has 1 heterocycles. The Hall–Kier alpha value is -2.04. The summed E-state index contributed by atoms with van der Waals surface area (Å²) in [5.41, 5.74) is 1.26. The molecule has 4 nitrogen and oxygen atoms in total. The molecule has 0 bridgehead atoms. The van der Waals surface area contributed by atoms with E-state index in [1.165, 1.54) is 12.1 Å². The highest BCUT2D eigenvalue weighted by atomic mass is 35.5. The number of ether oxygens (including phenoxy) is 1. The predicted molar refractivity (Wildman–Crippen MR) is 84.2 cm³/mol. The molecule has 2 aromatic carbocycles. The molecular formula is C17H16ClNO3. The minimum Gasteiger partial charge on any atom is -0.507 e. The van der Waals surface area contributed by atoms with Crippen molar-refractivity contribution in [1.82, 2.24) is 4.90 Å². The molecule has 22 heavy (non-hydrogen) atoms. The van der Waals surface area contributed by atoms with Gasteiger partial charge in [0.05, 0.1) is 18.7 Å². The lowest BCUT2D eigenvalue weighted by Crippen LogP contribution is -2.42. The third kappa shape index (κ3) is 3.08. The highest BCUT2D eigenvalue weighted by Crippen LogP contribution is 2.27. The maximum absolute atomic E-state index is 12.6. The molecular weight excluding hydrogens is 302 g/mol. The van der Waals surface area contributed by atoms with E-state index in [4.69, 9.17) is 16.3 Å². The van der Waals surface area contributed by atoms with Gasteiger partial charge in [-0.1, -0.05) is 41.9 Å². The Balaban J connectivity index is 1.80. The SMILES string of the molecule is O=C(c1cc(Cl)ccc1O)N1CCOC(c2ccccc2)C1. The number of halogens is 1. The van der Waals surface area contributed by atoms with Crippen molar-refractivity contribution in [2.24, 2.45) is 0 Å². The molecule has 1 fully saturated rings. The summed E-state index contributed by atoms with van der Waals surface area (Å²) in [4.78, 5) is 14.3. The van der Waals surface area contributed by atoms with E-state index in [1.807, 2.05) is 30.3 Å². The van der Waals surface area contributed by atoms with Crippen molar-refractivity contribution < 1.29 is 14.6 Å². The van der Waals surface area contributed by atoms with Crippen LogP contribution in [0.3, 0.4) is 0 Å². The number of morpholine rings is 1. The smallest absolute Gasteiger partial charge is 0.257 e. The maximum Gasteiger partial charge on any atom is 0.257 e. The van der Waals surface area contributed by atoms with Crippen molar-refractivity contribution in [3.8, 4) is 5.75 Å². The van der Waals surface area contributed by atoms with Crippen LogP contribution in [0, 0.1) is 0 Å². The minimum atomic E-state index is -0.232. The maximum atomic E-state index is 12.6. The molecule has 114 valence electrons. The van der Waals surface area contributed by atoms with Crippen molar-refractivity contribution in [1.29, 1.82) is 0 Å². The second kappa shape index (κ2) is 6.38. The Morgan fingerprint density at radius 3 is 2.77 bits per heavy atom. The van der Waals surface area contributed by atoms with Crippen LogP contribution in [0.1, 0.15) is 22.0 Å². The summed E-state index contributed by atoms with van der Waals surface area (Å²) in [7, 11) is 0. The van der Waals surface area contributed by atoms with Crippen LogP contribution in [0.4, 0.5) is 0 Å². The Labute approximate surface area is 133 Å². The molecule has 0 aromatic heterocycles. The monoisotopic (exact) mass is 317 g/mol. The van der Waals surface area contributed by atoms with Crippen LogP contribution in [0.2, 0.25) is 5.02 Å².